The van der Waals surface area contributed by atoms with Crippen LogP contribution in [-0.2, 0) is 16.1 Å². The van der Waals surface area contributed by atoms with Gasteiger partial charge in [0.05, 0.1) is 7.11 Å². The largest absolute Gasteiger partial charge is 0.496 e. The Labute approximate surface area is 216 Å². The minimum Gasteiger partial charge on any atom is -0.496 e. The Morgan fingerprint density at radius 1 is 0.973 bits per heavy atom. The smallest absolute Gasteiger partial charge is 0.255 e. The van der Waals surface area contributed by atoms with E-state index in [2.05, 4.69) is 22.3 Å². The Morgan fingerprint density at radius 3 is 2.59 bits per heavy atom. The molecule has 2 aromatic carbocycles. The van der Waals surface area contributed by atoms with Gasteiger partial charge in [-0.25, -0.2) is 0 Å². The van der Waals surface area contributed by atoms with Crippen LogP contribution < -0.4 is 14.8 Å². The second kappa shape index (κ2) is 9.82. The number of carbonyl (C=O) groups excluding carboxylic acids is 3. The highest BCUT2D eigenvalue weighted by Crippen LogP contribution is 2.39. The summed E-state index contributed by atoms with van der Waals surface area (Å²) in [5.74, 6) is 1.38. The lowest BCUT2D eigenvalue weighted by Crippen LogP contribution is -2.57. The van der Waals surface area contributed by atoms with Gasteiger partial charge in [0.2, 0.25) is 11.8 Å². The lowest BCUT2D eigenvalue weighted by molar-refractivity contribution is -0.136. The van der Waals surface area contributed by atoms with Gasteiger partial charge in [-0.15, -0.1) is 0 Å². The number of para-hydroxylation sites is 1. The number of hydrogen-bond acceptors (Lipinski definition) is 6. The number of piperidine rings is 1. The zero-order valence-corrected chi connectivity index (χ0v) is 21.2. The summed E-state index contributed by atoms with van der Waals surface area (Å²) < 4.78 is 12.1. The van der Waals surface area contributed by atoms with E-state index in [9.17, 15) is 14.4 Å². The van der Waals surface area contributed by atoms with Crippen molar-refractivity contribution in [2.24, 2.45) is 0 Å². The molecule has 2 aromatic rings. The number of nitrogens with one attached hydrogen (secondary N) is 1. The molecule has 1 unspecified atom stereocenters. The molecular weight excluding hydrogens is 470 g/mol. The Morgan fingerprint density at radius 2 is 1.78 bits per heavy atom. The number of ether oxygens (including phenoxy) is 2. The van der Waals surface area contributed by atoms with Crippen molar-refractivity contribution in [3.05, 3.63) is 59.2 Å². The molecule has 4 aliphatic rings. The van der Waals surface area contributed by atoms with Gasteiger partial charge in [0.1, 0.15) is 23.6 Å². The summed E-state index contributed by atoms with van der Waals surface area (Å²) in [5.41, 5.74) is 2.76. The maximum Gasteiger partial charge on any atom is 0.255 e. The number of hydrogen-bond donors (Lipinski definition) is 1. The van der Waals surface area contributed by atoms with Gasteiger partial charge in [-0.05, 0) is 61.1 Å². The topological polar surface area (TPSA) is 88.2 Å². The SMILES string of the molecule is COc1ccccc1C1CN([C@H]2CCCC[C@@H]2Oc2ccc3c(c2)CN(C2CCC(=O)NC2=O)C3=O)C1. The number of methoxy groups -OCH3 is 1. The number of rotatable bonds is 6. The van der Waals surface area contributed by atoms with Gasteiger partial charge in [-0.2, -0.15) is 0 Å². The fraction of sp³-hybridized carbons (Fsp3) is 0.483. The van der Waals surface area contributed by atoms with E-state index < -0.39 is 6.04 Å². The number of fused-ring (bicyclic) bond motifs is 1. The van der Waals surface area contributed by atoms with Crippen LogP contribution >= 0.6 is 0 Å². The molecule has 3 heterocycles. The predicted octanol–water partition coefficient (Wildman–Crippen LogP) is 3.25. The summed E-state index contributed by atoms with van der Waals surface area (Å²) in [6, 6.07) is 13.7. The lowest BCUT2D eigenvalue weighted by Gasteiger charge is -2.48. The molecule has 0 radical (unpaired) electrons. The zero-order valence-electron chi connectivity index (χ0n) is 21.2. The van der Waals surface area contributed by atoms with E-state index in [1.165, 1.54) is 12.0 Å². The standard InChI is InChI=1S/C29H33N3O5/c1-36-25-8-4-2-6-21(25)19-15-31(16-19)23-7-3-5-9-26(23)37-20-10-11-22-18(14-20)17-32(29(22)35)24-12-13-27(33)30-28(24)34/h2,4,6,8,10-11,14,19,23-24,26H,3,5,7,9,12-13,15-17H2,1H3,(H,30,33,34)/t23-,24?,26-/m0/s1. The van der Waals surface area contributed by atoms with Crippen molar-refractivity contribution in [2.75, 3.05) is 20.2 Å². The molecule has 0 spiro atoms. The molecule has 0 bridgehead atoms. The molecule has 0 aromatic heterocycles. The predicted molar refractivity (Wildman–Crippen MR) is 136 cm³/mol. The first kappa shape index (κ1) is 24.0. The Balaban J connectivity index is 1.12. The monoisotopic (exact) mass is 503 g/mol. The molecule has 3 amide bonds. The molecule has 3 atom stereocenters. The first-order valence-corrected chi connectivity index (χ1v) is 13.3. The van der Waals surface area contributed by atoms with E-state index >= 15 is 0 Å². The number of likely N-dealkylation sites (tertiary alicyclic amines) is 1. The van der Waals surface area contributed by atoms with Crippen molar-refractivity contribution >= 4 is 17.7 Å². The number of benzene rings is 2. The van der Waals surface area contributed by atoms with Crippen molar-refractivity contribution < 1.29 is 23.9 Å². The molecule has 37 heavy (non-hydrogen) atoms. The second-order valence-electron chi connectivity index (χ2n) is 10.6. The fourth-order valence-corrected chi connectivity index (χ4v) is 6.42. The van der Waals surface area contributed by atoms with Gasteiger partial charge in [0.25, 0.3) is 5.91 Å². The maximum absolute atomic E-state index is 13.0. The lowest BCUT2D eigenvalue weighted by atomic mass is 9.84. The van der Waals surface area contributed by atoms with Crippen LogP contribution in [0, 0.1) is 0 Å². The summed E-state index contributed by atoms with van der Waals surface area (Å²) in [6.07, 6.45) is 5.21. The van der Waals surface area contributed by atoms with Gasteiger partial charge < -0.3 is 14.4 Å². The Kier molecular flexibility index (Phi) is 6.36. The molecule has 8 nitrogen and oxygen atoms in total. The fourth-order valence-electron chi connectivity index (χ4n) is 6.42. The maximum atomic E-state index is 13.0. The zero-order chi connectivity index (χ0) is 25.5. The van der Waals surface area contributed by atoms with Gasteiger partial charge >= 0.3 is 0 Å². The van der Waals surface area contributed by atoms with Crippen LogP contribution in [0.1, 0.15) is 65.9 Å². The molecule has 1 saturated carbocycles. The first-order valence-electron chi connectivity index (χ1n) is 13.3. The summed E-state index contributed by atoms with van der Waals surface area (Å²) in [7, 11) is 1.73. The summed E-state index contributed by atoms with van der Waals surface area (Å²) >= 11 is 0. The second-order valence-corrected chi connectivity index (χ2v) is 10.6. The van der Waals surface area contributed by atoms with Crippen molar-refractivity contribution in [2.45, 2.75) is 69.2 Å². The van der Waals surface area contributed by atoms with Gasteiger partial charge in [-0.3, -0.25) is 24.6 Å². The highest BCUT2D eigenvalue weighted by atomic mass is 16.5. The van der Waals surface area contributed by atoms with Crippen molar-refractivity contribution in [3.63, 3.8) is 0 Å². The Bertz CT molecular complexity index is 1220. The molecule has 3 fully saturated rings. The summed E-state index contributed by atoms with van der Waals surface area (Å²) in [6.45, 7) is 2.37. The number of carbonyl (C=O) groups is 3. The van der Waals surface area contributed by atoms with E-state index in [1.807, 2.05) is 30.3 Å². The molecule has 3 aliphatic heterocycles. The van der Waals surface area contributed by atoms with Crippen molar-refractivity contribution in [1.29, 1.82) is 0 Å². The summed E-state index contributed by atoms with van der Waals surface area (Å²) in [5, 5.41) is 2.36. The average Bonchev–Trinajstić information content (AvgIpc) is 3.20. The van der Waals surface area contributed by atoms with Crippen LogP contribution in [-0.4, -0.2) is 65.9 Å². The molecule has 194 valence electrons. The van der Waals surface area contributed by atoms with Gasteiger partial charge in [0, 0.05) is 43.6 Å². The van der Waals surface area contributed by atoms with E-state index in [0.29, 0.717) is 30.5 Å². The van der Waals surface area contributed by atoms with Crippen LogP contribution in [0.3, 0.4) is 0 Å². The average molecular weight is 504 g/mol. The minimum absolute atomic E-state index is 0.105. The van der Waals surface area contributed by atoms with Gasteiger partial charge in [0.15, 0.2) is 0 Å². The third-order valence-corrected chi connectivity index (χ3v) is 8.41. The van der Waals surface area contributed by atoms with Crippen LogP contribution in [0.4, 0.5) is 0 Å². The van der Waals surface area contributed by atoms with Crippen molar-refractivity contribution in [3.8, 4) is 11.5 Å². The summed E-state index contributed by atoms with van der Waals surface area (Å²) in [4.78, 5) is 41.0. The van der Waals surface area contributed by atoms with Crippen LogP contribution in [0.15, 0.2) is 42.5 Å². The highest BCUT2D eigenvalue weighted by Gasteiger charge is 2.41. The first-order chi connectivity index (χ1) is 18.0. The number of amides is 3. The van der Waals surface area contributed by atoms with Crippen LogP contribution in [0.2, 0.25) is 0 Å². The molecule has 2 saturated heterocycles. The molecular formula is C29H33N3O5. The molecule has 1 aliphatic carbocycles. The molecule has 1 N–H and O–H groups in total. The molecule has 6 rings (SSSR count). The number of nitrogens with zero attached hydrogens (tertiary/aromatic N) is 2. The third-order valence-electron chi connectivity index (χ3n) is 8.41. The van der Waals surface area contributed by atoms with E-state index in [0.717, 1.165) is 49.4 Å². The Hall–Kier alpha value is -3.39. The highest BCUT2D eigenvalue weighted by molar-refractivity contribution is 6.05. The number of imide groups is 1. The van der Waals surface area contributed by atoms with Gasteiger partial charge in [-0.1, -0.05) is 24.6 Å². The third kappa shape index (κ3) is 4.48. The van der Waals surface area contributed by atoms with E-state index in [1.54, 1.807) is 12.0 Å². The van der Waals surface area contributed by atoms with E-state index in [4.69, 9.17) is 9.47 Å². The normalized spacial score (nSPS) is 26.5. The van der Waals surface area contributed by atoms with Crippen molar-refractivity contribution in [1.82, 2.24) is 15.1 Å². The quantitative estimate of drug-likeness (QED) is 0.609. The van der Waals surface area contributed by atoms with Crippen LogP contribution in [0.5, 0.6) is 11.5 Å². The molecule has 8 heteroatoms. The van der Waals surface area contributed by atoms with Crippen LogP contribution in [0.25, 0.3) is 0 Å². The van der Waals surface area contributed by atoms with E-state index in [-0.39, 0.29) is 30.2 Å². The minimum atomic E-state index is -0.604.